The van der Waals surface area contributed by atoms with Gasteiger partial charge in [-0.3, -0.25) is 14.5 Å². The number of carboxylic acid groups (broad SMARTS) is 1. The third kappa shape index (κ3) is 2.23. The Morgan fingerprint density at radius 2 is 2.00 bits per heavy atom. The Morgan fingerprint density at radius 3 is 2.67 bits per heavy atom. The van der Waals surface area contributed by atoms with E-state index in [4.69, 9.17) is 0 Å². The monoisotopic (exact) mass is 252 g/mol. The molecule has 1 heterocycles. The highest BCUT2D eigenvalue weighted by atomic mass is 16.4. The summed E-state index contributed by atoms with van der Waals surface area (Å²) in [5, 5.41) is 12.3. The van der Waals surface area contributed by atoms with Crippen molar-refractivity contribution < 1.29 is 14.7 Å². The zero-order chi connectivity index (χ0) is 12.7. The minimum atomic E-state index is -0.761. The first-order valence-corrected chi connectivity index (χ1v) is 6.91. The van der Waals surface area contributed by atoms with E-state index < -0.39 is 12.0 Å². The number of carbonyl (C=O) groups is 2. The molecule has 2 aliphatic carbocycles. The number of hydrogen-bond donors (Lipinski definition) is 2. The number of fused-ring (bicyclic) bond motifs is 1. The number of aliphatic carboxylic acids is 1. The molecule has 1 amide bonds. The Morgan fingerprint density at radius 1 is 1.22 bits per heavy atom. The summed E-state index contributed by atoms with van der Waals surface area (Å²) in [5.74, 6) is -0.0246. The van der Waals surface area contributed by atoms with Crippen molar-refractivity contribution in [2.75, 3.05) is 13.1 Å². The normalized spacial score (nSPS) is 35.4. The van der Waals surface area contributed by atoms with E-state index in [2.05, 4.69) is 5.32 Å². The highest BCUT2D eigenvalue weighted by Gasteiger charge is 2.48. The van der Waals surface area contributed by atoms with Gasteiger partial charge in [0.25, 0.3) is 0 Å². The summed E-state index contributed by atoms with van der Waals surface area (Å²) in [6.07, 6.45) is 5.40. The van der Waals surface area contributed by atoms with Gasteiger partial charge in [0.2, 0.25) is 5.91 Å². The van der Waals surface area contributed by atoms with Crippen LogP contribution >= 0.6 is 0 Å². The molecule has 1 aliphatic heterocycles. The van der Waals surface area contributed by atoms with Gasteiger partial charge in [-0.25, -0.2) is 0 Å². The molecule has 0 aromatic rings. The van der Waals surface area contributed by atoms with E-state index in [0.717, 1.165) is 38.6 Å². The Bertz CT molecular complexity index is 367. The lowest BCUT2D eigenvalue weighted by atomic mass is 9.94. The van der Waals surface area contributed by atoms with E-state index in [0.29, 0.717) is 12.0 Å². The molecule has 5 nitrogen and oxygen atoms in total. The predicted molar refractivity (Wildman–Crippen MR) is 65.0 cm³/mol. The second-order valence-corrected chi connectivity index (χ2v) is 5.91. The van der Waals surface area contributed by atoms with E-state index in [9.17, 15) is 14.7 Å². The van der Waals surface area contributed by atoms with Crippen LogP contribution < -0.4 is 5.32 Å². The molecule has 0 bridgehead atoms. The molecule has 0 spiro atoms. The van der Waals surface area contributed by atoms with E-state index >= 15 is 0 Å². The fourth-order valence-electron chi connectivity index (χ4n) is 3.58. The third-order valence-electron chi connectivity index (χ3n) is 4.53. The second-order valence-electron chi connectivity index (χ2n) is 5.91. The van der Waals surface area contributed by atoms with Crippen molar-refractivity contribution in [1.29, 1.82) is 0 Å². The van der Waals surface area contributed by atoms with Gasteiger partial charge in [0.15, 0.2) is 0 Å². The maximum absolute atomic E-state index is 11.8. The van der Waals surface area contributed by atoms with Gasteiger partial charge >= 0.3 is 5.97 Å². The van der Waals surface area contributed by atoms with Crippen LogP contribution in [0.15, 0.2) is 0 Å². The van der Waals surface area contributed by atoms with Crippen LogP contribution in [-0.4, -0.2) is 47.1 Å². The molecule has 100 valence electrons. The van der Waals surface area contributed by atoms with Gasteiger partial charge in [0, 0.05) is 12.6 Å². The summed E-state index contributed by atoms with van der Waals surface area (Å²) < 4.78 is 0. The van der Waals surface area contributed by atoms with Gasteiger partial charge in [0.1, 0.15) is 6.04 Å². The van der Waals surface area contributed by atoms with Gasteiger partial charge in [-0.05, 0) is 37.5 Å². The Balaban J connectivity index is 1.63. The maximum Gasteiger partial charge on any atom is 0.321 e. The molecule has 2 N–H and O–H groups in total. The lowest BCUT2D eigenvalue weighted by Gasteiger charge is -2.23. The van der Waals surface area contributed by atoms with Gasteiger partial charge in [-0.1, -0.05) is 6.42 Å². The summed E-state index contributed by atoms with van der Waals surface area (Å²) in [4.78, 5) is 25.1. The van der Waals surface area contributed by atoms with Crippen molar-refractivity contribution in [3.05, 3.63) is 0 Å². The average molecular weight is 252 g/mol. The fraction of sp³-hybridized carbons (Fsp3) is 0.846. The summed E-state index contributed by atoms with van der Waals surface area (Å²) in [6.45, 7) is 1.03. The lowest BCUT2D eigenvalue weighted by Crippen LogP contribution is -2.45. The highest BCUT2D eigenvalue weighted by molar-refractivity contribution is 5.80. The van der Waals surface area contributed by atoms with Crippen LogP contribution in [0.25, 0.3) is 0 Å². The lowest BCUT2D eigenvalue weighted by molar-refractivity contribution is -0.144. The molecule has 3 rings (SSSR count). The molecule has 3 aliphatic rings. The molecule has 0 radical (unpaired) electrons. The molecule has 5 heteroatoms. The number of carbonyl (C=O) groups excluding carboxylic acids is 1. The van der Waals surface area contributed by atoms with Crippen LogP contribution in [0, 0.1) is 11.8 Å². The summed E-state index contributed by atoms with van der Waals surface area (Å²) in [5.41, 5.74) is 0. The standard InChI is InChI=1S/C13H20N2O3/c16-11(14-9-4-5-9)7-15-6-8-2-1-3-10(8)12(15)13(17)18/h8-10,12H,1-7H2,(H,14,16)(H,17,18). The Hall–Kier alpha value is -1.10. The highest BCUT2D eigenvalue weighted by Crippen LogP contribution is 2.42. The van der Waals surface area contributed by atoms with Crippen molar-refractivity contribution in [1.82, 2.24) is 10.2 Å². The summed E-state index contributed by atoms with van der Waals surface area (Å²) in [7, 11) is 0. The van der Waals surface area contributed by atoms with Gasteiger partial charge in [-0.15, -0.1) is 0 Å². The first-order valence-electron chi connectivity index (χ1n) is 6.91. The Labute approximate surface area is 107 Å². The molecule has 3 fully saturated rings. The SMILES string of the molecule is O=C(CN1CC2CCCC2C1C(=O)O)NC1CC1. The van der Waals surface area contributed by atoms with E-state index in [1.54, 1.807) is 0 Å². The van der Waals surface area contributed by atoms with E-state index in [1.807, 2.05) is 4.90 Å². The molecule has 3 unspecified atom stereocenters. The minimum absolute atomic E-state index is 0.0104. The molecular formula is C13H20N2O3. The van der Waals surface area contributed by atoms with Crippen molar-refractivity contribution >= 4 is 11.9 Å². The average Bonchev–Trinajstić information content (AvgIpc) is 2.85. The number of carboxylic acids is 1. The predicted octanol–water partition coefficient (Wildman–Crippen LogP) is 0.450. The van der Waals surface area contributed by atoms with Crippen LogP contribution in [0.3, 0.4) is 0 Å². The smallest absolute Gasteiger partial charge is 0.321 e. The van der Waals surface area contributed by atoms with E-state index in [1.165, 1.54) is 0 Å². The maximum atomic E-state index is 11.8. The molecule has 18 heavy (non-hydrogen) atoms. The zero-order valence-corrected chi connectivity index (χ0v) is 10.5. The molecule has 1 saturated heterocycles. The van der Waals surface area contributed by atoms with Gasteiger partial charge in [0.05, 0.1) is 6.54 Å². The van der Waals surface area contributed by atoms with E-state index in [-0.39, 0.29) is 18.4 Å². The van der Waals surface area contributed by atoms with Crippen LogP contribution in [-0.2, 0) is 9.59 Å². The van der Waals surface area contributed by atoms with Gasteiger partial charge in [-0.2, -0.15) is 0 Å². The van der Waals surface area contributed by atoms with Crippen molar-refractivity contribution in [3.63, 3.8) is 0 Å². The molecule has 2 saturated carbocycles. The van der Waals surface area contributed by atoms with Crippen LogP contribution in [0.1, 0.15) is 32.1 Å². The quantitative estimate of drug-likeness (QED) is 0.762. The van der Waals surface area contributed by atoms with Crippen molar-refractivity contribution in [2.45, 2.75) is 44.2 Å². The first kappa shape index (κ1) is 12.0. The number of hydrogen-bond acceptors (Lipinski definition) is 3. The van der Waals surface area contributed by atoms with Crippen LogP contribution in [0.4, 0.5) is 0 Å². The van der Waals surface area contributed by atoms with Crippen molar-refractivity contribution in [2.24, 2.45) is 11.8 Å². The number of likely N-dealkylation sites (tertiary alicyclic amines) is 1. The molecule has 0 aromatic heterocycles. The molecular weight excluding hydrogens is 232 g/mol. The minimum Gasteiger partial charge on any atom is -0.480 e. The topological polar surface area (TPSA) is 69.6 Å². The fourth-order valence-corrected chi connectivity index (χ4v) is 3.58. The zero-order valence-electron chi connectivity index (χ0n) is 10.5. The Kier molecular flexibility index (Phi) is 3.01. The number of rotatable bonds is 4. The first-order chi connectivity index (χ1) is 8.65. The van der Waals surface area contributed by atoms with Crippen LogP contribution in [0.2, 0.25) is 0 Å². The number of amides is 1. The largest absolute Gasteiger partial charge is 0.480 e. The van der Waals surface area contributed by atoms with Crippen molar-refractivity contribution in [3.8, 4) is 0 Å². The summed E-state index contributed by atoms with van der Waals surface area (Å²) >= 11 is 0. The molecule has 3 atom stereocenters. The second kappa shape index (κ2) is 4.53. The number of nitrogens with zero attached hydrogens (tertiary/aromatic N) is 1. The van der Waals surface area contributed by atoms with Crippen LogP contribution in [0.5, 0.6) is 0 Å². The van der Waals surface area contributed by atoms with Gasteiger partial charge < -0.3 is 10.4 Å². The summed E-state index contributed by atoms with van der Waals surface area (Å²) in [6, 6.07) is -0.0923. The number of nitrogens with one attached hydrogen (secondary N) is 1. The third-order valence-corrected chi connectivity index (χ3v) is 4.53. The molecule has 0 aromatic carbocycles.